The summed E-state index contributed by atoms with van der Waals surface area (Å²) in [6.45, 7) is 0.720. The minimum absolute atomic E-state index is 0.281. The fraction of sp³-hybridized carbons (Fsp3) is 0.417. The second-order valence-corrected chi connectivity index (χ2v) is 4.35. The fourth-order valence-electron chi connectivity index (χ4n) is 1.85. The fourth-order valence-corrected chi connectivity index (χ4v) is 2.00. The summed E-state index contributed by atoms with van der Waals surface area (Å²) >= 11 is 5.62. The second-order valence-electron chi connectivity index (χ2n) is 3.92. The van der Waals surface area contributed by atoms with Crippen LogP contribution in [-0.2, 0) is 0 Å². The molecule has 16 heavy (non-hydrogen) atoms. The number of halogens is 2. The van der Waals surface area contributed by atoms with Crippen molar-refractivity contribution in [3.63, 3.8) is 0 Å². The van der Waals surface area contributed by atoms with E-state index in [2.05, 4.69) is 16.4 Å². The Bertz CT molecular complexity index is 404. The minimum Gasteiger partial charge on any atom is -0.367 e. The zero-order chi connectivity index (χ0) is 11.4. The van der Waals surface area contributed by atoms with E-state index in [1.165, 1.54) is 37.1 Å². The summed E-state index contributed by atoms with van der Waals surface area (Å²) in [4.78, 5) is 3.90. The normalized spacial score (nSPS) is 15.0. The Balaban J connectivity index is 1.84. The van der Waals surface area contributed by atoms with Gasteiger partial charge in [0.25, 0.3) is 0 Å². The number of pyridine rings is 1. The summed E-state index contributed by atoms with van der Waals surface area (Å²) in [5, 5.41) is 3.30. The molecular weight excluding hydrogens is 227 g/mol. The largest absolute Gasteiger partial charge is 0.367 e. The van der Waals surface area contributed by atoms with Crippen LogP contribution >= 0.6 is 11.6 Å². The lowest BCUT2D eigenvalue weighted by molar-refractivity contribution is 0.624. The highest BCUT2D eigenvalue weighted by molar-refractivity contribution is 6.30. The standard InChI is InChI=1S/C12H14ClFN2/c13-10-7-11(14)12(16-8-10)15-6-5-9-3-1-2-4-9/h3,7-8H,1-2,4-6H2,(H,15,16). The van der Waals surface area contributed by atoms with E-state index < -0.39 is 5.82 Å². The van der Waals surface area contributed by atoms with Crippen LogP contribution in [0, 0.1) is 5.82 Å². The van der Waals surface area contributed by atoms with E-state index in [0.717, 1.165) is 13.0 Å². The zero-order valence-corrected chi connectivity index (χ0v) is 9.73. The molecule has 1 aromatic rings. The van der Waals surface area contributed by atoms with Crippen LogP contribution in [0.5, 0.6) is 0 Å². The van der Waals surface area contributed by atoms with E-state index in [0.29, 0.717) is 5.02 Å². The molecule has 4 heteroatoms. The van der Waals surface area contributed by atoms with Crippen LogP contribution in [0.15, 0.2) is 23.9 Å². The Labute approximate surface area is 99.5 Å². The van der Waals surface area contributed by atoms with Crippen LogP contribution in [0.25, 0.3) is 0 Å². The first kappa shape index (κ1) is 11.4. The van der Waals surface area contributed by atoms with Gasteiger partial charge in [0.05, 0.1) is 5.02 Å². The highest BCUT2D eigenvalue weighted by Crippen LogP contribution is 2.21. The van der Waals surface area contributed by atoms with Crippen LogP contribution < -0.4 is 5.32 Å². The Morgan fingerprint density at radius 1 is 1.50 bits per heavy atom. The van der Waals surface area contributed by atoms with E-state index in [9.17, 15) is 4.39 Å². The lowest BCUT2D eigenvalue weighted by atomic mass is 10.2. The summed E-state index contributed by atoms with van der Waals surface area (Å²) < 4.78 is 13.3. The van der Waals surface area contributed by atoms with Gasteiger partial charge in [0.15, 0.2) is 11.6 Å². The van der Waals surface area contributed by atoms with Crippen molar-refractivity contribution in [2.75, 3.05) is 11.9 Å². The Morgan fingerprint density at radius 3 is 3.06 bits per heavy atom. The Kier molecular flexibility index (Phi) is 3.78. The van der Waals surface area contributed by atoms with Crippen molar-refractivity contribution in [3.8, 4) is 0 Å². The monoisotopic (exact) mass is 240 g/mol. The quantitative estimate of drug-likeness (QED) is 0.810. The van der Waals surface area contributed by atoms with Crippen LogP contribution in [0.4, 0.5) is 10.2 Å². The van der Waals surface area contributed by atoms with Gasteiger partial charge < -0.3 is 5.32 Å². The number of anilines is 1. The van der Waals surface area contributed by atoms with Crippen LogP contribution in [0.1, 0.15) is 25.7 Å². The molecule has 0 radical (unpaired) electrons. The van der Waals surface area contributed by atoms with Crippen molar-refractivity contribution in [2.45, 2.75) is 25.7 Å². The molecule has 0 atom stereocenters. The van der Waals surface area contributed by atoms with E-state index in [1.54, 1.807) is 0 Å². The van der Waals surface area contributed by atoms with E-state index >= 15 is 0 Å². The van der Waals surface area contributed by atoms with Gasteiger partial charge in [-0.15, -0.1) is 0 Å². The first-order valence-electron chi connectivity index (χ1n) is 5.48. The zero-order valence-electron chi connectivity index (χ0n) is 8.97. The molecule has 1 N–H and O–H groups in total. The molecule has 0 aliphatic heterocycles. The molecule has 1 heterocycles. The summed E-state index contributed by atoms with van der Waals surface area (Å²) in [5.41, 5.74) is 1.46. The Hall–Kier alpha value is -1.09. The summed E-state index contributed by atoms with van der Waals surface area (Å²) in [7, 11) is 0. The number of allylic oxidation sites excluding steroid dienone is 1. The molecular formula is C12H14ClFN2. The molecule has 0 amide bonds. The molecule has 86 valence electrons. The molecule has 0 aromatic carbocycles. The second kappa shape index (κ2) is 5.30. The predicted octanol–water partition coefficient (Wildman–Crippen LogP) is 3.79. The Morgan fingerprint density at radius 2 is 2.38 bits per heavy atom. The number of aromatic nitrogens is 1. The number of nitrogens with one attached hydrogen (secondary N) is 1. The SMILES string of the molecule is Fc1cc(Cl)cnc1NCCC1=CCCC1. The first-order chi connectivity index (χ1) is 7.75. The smallest absolute Gasteiger partial charge is 0.166 e. The molecule has 0 bridgehead atoms. The van der Waals surface area contributed by atoms with Crippen molar-refractivity contribution in [2.24, 2.45) is 0 Å². The molecule has 0 saturated carbocycles. The average molecular weight is 241 g/mol. The number of nitrogens with zero attached hydrogens (tertiary/aromatic N) is 1. The van der Waals surface area contributed by atoms with E-state index in [4.69, 9.17) is 11.6 Å². The molecule has 1 aliphatic carbocycles. The van der Waals surface area contributed by atoms with Gasteiger partial charge in [0, 0.05) is 12.7 Å². The topological polar surface area (TPSA) is 24.9 Å². The molecule has 0 spiro atoms. The third kappa shape index (κ3) is 2.95. The summed E-state index contributed by atoms with van der Waals surface area (Å²) in [6, 6.07) is 1.27. The van der Waals surface area contributed by atoms with Crippen molar-refractivity contribution < 1.29 is 4.39 Å². The van der Waals surface area contributed by atoms with Gasteiger partial charge in [-0.1, -0.05) is 23.3 Å². The first-order valence-corrected chi connectivity index (χ1v) is 5.86. The van der Waals surface area contributed by atoms with Gasteiger partial charge in [-0.05, 0) is 31.7 Å². The molecule has 0 fully saturated rings. The minimum atomic E-state index is -0.395. The molecule has 1 aromatic heterocycles. The van der Waals surface area contributed by atoms with Gasteiger partial charge in [-0.2, -0.15) is 0 Å². The lowest BCUT2D eigenvalue weighted by Crippen LogP contribution is -2.05. The van der Waals surface area contributed by atoms with E-state index in [1.807, 2.05) is 0 Å². The highest BCUT2D eigenvalue weighted by Gasteiger charge is 2.06. The number of hydrogen-bond acceptors (Lipinski definition) is 2. The number of hydrogen-bond donors (Lipinski definition) is 1. The van der Waals surface area contributed by atoms with Crippen molar-refractivity contribution in [3.05, 3.63) is 34.8 Å². The van der Waals surface area contributed by atoms with Crippen molar-refractivity contribution in [1.82, 2.24) is 4.98 Å². The third-order valence-electron chi connectivity index (χ3n) is 2.68. The van der Waals surface area contributed by atoms with Crippen molar-refractivity contribution in [1.29, 1.82) is 0 Å². The van der Waals surface area contributed by atoms with E-state index in [-0.39, 0.29) is 5.82 Å². The maximum Gasteiger partial charge on any atom is 0.166 e. The lowest BCUT2D eigenvalue weighted by Gasteiger charge is -2.07. The predicted molar refractivity (Wildman–Crippen MR) is 64.2 cm³/mol. The van der Waals surface area contributed by atoms with Gasteiger partial charge in [-0.3, -0.25) is 0 Å². The maximum atomic E-state index is 13.3. The highest BCUT2D eigenvalue weighted by atomic mass is 35.5. The molecule has 2 nitrogen and oxygen atoms in total. The maximum absolute atomic E-state index is 13.3. The van der Waals surface area contributed by atoms with Gasteiger partial charge in [-0.25, -0.2) is 9.37 Å². The molecule has 0 unspecified atom stereocenters. The van der Waals surface area contributed by atoms with Crippen molar-refractivity contribution >= 4 is 17.4 Å². The molecule has 2 rings (SSSR count). The molecule has 1 aliphatic rings. The van der Waals surface area contributed by atoms with Crippen LogP contribution in [0.3, 0.4) is 0 Å². The molecule has 0 saturated heterocycles. The average Bonchev–Trinajstić information content (AvgIpc) is 2.74. The van der Waals surface area contributed by atoms with Crippen LogP contribution in [-0.4, -0.2) is 11.5 Å². The summed E-state index contributed by atoms with van der Waals surface area (Å²) in [5.74, 6) is -0.115. The van der Waals surface area contributed by atoms with Crippen LogP contribution in [0.2, 0.25) is 5.02 Å². The summed E-state index contributed by atoms with van der Waals surface area (Å²) in [6.07, 6.45) is 8.29. The number of rotatable bonds is 4. The van der Waals surface area contributed by atoms with Gasteiger partial charge >= 0.3 is 0 Å². The third-order valence-corrected chi connectivity index (χ3v) is 2.89. The van der Waals surface area contributed by atoms with Gasteiger partial charge in [0.2, 0.25) is 0 Å². The van der Waals surface area contributed by atoms with Gasteiger partial charge in [0.1, 0.15) is 0 Å².